The molecule has 0 fully saturated rings. The van der Waals surface area contributed by atoms with Crippen LogP contribution in [0.4, 0.5) is 0 Å². The van der Waals surface area contributed by atoms with Crippen LogP contribution in [0.25, 0.3) is 0 Å². The Morgan fingerprint density at radius 1 is 1.26 bits per heavy atom. The minimum atomic E-state index is -0.377. The molecule has 0 spiro atoms. The zero-order valence-electron chi connectivity index (χ0n) is 15.5. The highest BCUT2D eigenvalue weighted by molar-refractivity contribution is 9.10. The fourth-order valence-corrected chi connectivity index (χ4v) is 2.86. The van der Waals surface area contributed by atoms with Gasteiger partial charge in [0.2, 0.25) is 0 Å². The number of hydrogen-bond acceptors (Lipinski definition) is 5. The van der Waals surface area contributed by atoms with Crippen molar-refractivity contribution in [3.63, 3.8) is 0 Å². The molecule has 2 aromatic carbocycles. The van der Waals surface area contributed by atoms with Gasteiger partial charge in [0.15, 0.2) is 6.61 Å². The number of nitrogens with zero attached hydrogens (tertiary/aromatic N) is 2. The van der Waals surface area contributed by atoms with E-state index < -0.39 is 0 Å². The van der Waals surface area contributed by atoms with Crippen molar-refractivity contribution in [3.05, 3.63) is 58.1 Å². The van der Waals surface area contributed by atoms with E-state index in [0.29, 0.717) is 11.3 Å². The molecule has 0 saturated carbocycles. The lowest BCUT2D eigenvalue weighted by Gasteiger charge is -2.20. The van der Waals surface area contributed by atoms with Crippen LogP contribution in [0.2, 0.25) is 0 Å². The van der Waals surface area contributed by atoms with Gasteiger partial charge in [-0.1, -0.05) is 41.9 Å². The Morgan fingerprint density at radius 2 is 2.00 bits per heavy atom. The van der Waals surface area contributed by atoms with Crippen molar-refractivity contribution < 1.29 is 14.6 Å². The predicted molar refractivity (Wildman–Crippen MR) is 110 cm³/mol. The summed E-state index contributed by atoms with van der Waals surface area (Å²) in [5.74, 6) is 0.394. The van der Waals surface area contributed by atoms with Crippen LogP contribution in [0.15, 0.2) is 52.0 Å². The second-order valence-corrected chi connectivity index (χ2v) is 6.77. The minimum absolute atomic E-state index is 0.0997. The Hall–Kier alpha value is -2.38. The summed E-state index contributed by atoms with van der Waals surface area (Å²) >= 11 is 3.48. The smallest absolute Gasteiger partial charge is 0.277 e. The van der Waals surface area contributed by atoms with E-state index in [-0.39, 0.29) is 18.3 Å². The number of phenols is 1. The average molecular weight is 434 g/mol. The van der Waals surface area contributed by atoms with Gasteiger partial charge in [0.1, 0.15) is 11.5 Å². The molecular formula is C20H24BrN3O3. The number of para-hydroxylation sites is 1. The van der Waals surface area contributed by atoms with Crippen LogP contribution in [0, 0.1) is 0 Å². The molecule has 1 amide bonds. The van der Waals surface area contributed by atoms with Crippen LogP contribution in [0.1, 0.15) is 25.0 Å². The van der Waals surface area contributed by atoms with Crippen LogP contribution < -0.4 is 10.2 Å². The fraction of sp³-hybridized carbons (Fsp3) is 0.300. The average Bonchev–Trinajstić information content (AvgIpc) is 2.67. The maximum absolute atomic E-state index is 12.0. The van der Waals surface area contributed by atoms with Gasteiger partial charge in [-0.15, -0.1) is 0 Å². The highest BCUT2D eigenvalue weighted by atomic mass is 79.9. The first-order chi connectivity index (χ1) is 13.0. The van der Waals surface area contributed by atoms with Crippen molar-refractivity contribution in [2.24, 2.45) is 5.10 Å². The molecule has 0 radical (unpaired) electrons. The lowest BCUT2D eigenvalue weighted by molar-refractivity contribution is -0.123. The molecule has 6 nitrogen and oxygen atoms in total. The monoisotopic (exact) mass is 433 g/mol. The highest BCUT2D eigenvalue weighted by Crippen LogP contribution is 2.24. The number of benzene rings is 2. The molecule has 0 atom stereocenters. The number of carbonyl (C=O) groups excluding carboxylic acids is 1. The van der Waals surface area contributed by atoms with Crippen LogP contribution in [0.5, 0.6) is 11.5 Å². The van der Waals surface area contributed by atoms with Crippen LogP contribution in [-0.2, 0) is 11.3 Å². The summed E-state index contributed by atoms with van der Waals surface area (Å²) in [6, 6.07) is 12.5. The summed E-state index contributed by atoms with van der Waals surface area (Å²) in [7, 11) is 0. The summed E-state index contributed by atoms with van der Waals surface area (Å²) in [6.07, 6.45) is 1.39. The topological polar surface area (TPSA) is 74.2 Å². The van der Waals surface area contributed by atoms with Gasteiger partial charge in [0.05, 0.1) is 6.21 Å². The molecule has 7 heteroatoms. The predicted octanol–water partition coefficient (Wildman–Crippen LogP) is 3.53. The Labute approximate surface area is 168 Å². The maximum Gasteiger partial charge on any atom is 0.277 e. The minimum Gasteiger partial charge on any atom is -0.507 e. The van der Waals surface area contributed by atoms with E-state index in [0.717, 1.165) is 29.7 Å². The Balaban J connectivity index is 1.93. The van der Waals surface area contributed by atoms with E-state index in [9.17, 15) is 9.90 Å². The molecule has 0 heterocycles. The number of nitrogens with one attached hydrogen (secondary N) is 1. The number of carbonyl (C=O) groups is 1. The third kappa shape index (κ3) is 6.69. The molecule has 0 bridgehead atoms. The van der Waals surface area contributed by atoms with Gasteiger partial charge in [0.25, 0.3) is 5.91 Å². The molecule has 0 aromatic heterocycles. The third-order valence-corrected chi connectivity index (χ3v) is 4.49. The lowest BCUT2D eigenvalue weighted by atomic mass is 10.2. The first-order valence-electron chi connectivity index (χ1n) is 8.77. The molecule has 2 rings (SSSR count). The van der Waals surface area contributed by atoms with Crippen LogP contribution >= 0.6 is 15.9 Å². The van der Waals surface area contributed by atoms with Gasteiger partial charge >= 0.3 is 0 Å². The highest BCUT2D eigenvalue weighted by Gasteiger charge is 2.10. The van der Waals surface area contributed by atoms with E-state index in [1.54, 1.807) is 24.3 Å². The second-order valence-electron chi connectivity index (χ2n) is 5.85. The lowest BCUT2D eigenvalue weighted by Crippen LogP contribution is -2.26. The van der Waals surface area contributed by atoms with Gasteiger partial charge in [-0.25, -0.2) is 5.43 Å². The van der Waals surface area contributed by atoms with E-state index in [1.807, 2.05) is 18.2 Å². The largest absolute Gasteiger partial charge is 0.507 e. The SMILES string of the molecule is CCN(CC)Cc1cc(Br)ccc1OCC(=O)N/N=C/c1ccccc1O. The van der Waals surface area contributed by atoms with Crippen molar-refractivity contribution in [3.8, 4) is 11.5 Å². The van der Waals surface area contributed by atoms with Crippen molar-refractivity contribution in [1.29, 1.82) is 0 Å². The van der Waals surface area contributed by atoms with Crippen molar-refractivity contribution in [2.75, 3.05) is 19.7 Å². The number of aromatic hydroxyl groups is 1. The summed E-state index contributed by atoms with van der Waals surface area (Å²) in [5.41, 5.74) is 3.93. The van der Waals surface area contributed by atoms with E-state index in [2.05, 4.69) is 45.2 Å². The number of phenolic OH excluding ortho intramolecular Hbond substituents is 1. The molecule has 144 valence electrons. The van der Waals surface area contributed by atoms with Crippen LogP contribution in [0.3, 0.4) is 0 Å². The van der Waals surface area contributed by atoms with E-state index >= 15 is 0 Å². The molecule has 2 N–H and O–H groups in total. The van der Waals surface area contributed by atoms with Crippen molar-refractivity contribution in [2.45, 2.75) is 20.4 Å². The first kappa shape index (κ1) is 20.9. The Kier molecular flexibility index (Phi) is 8.29. The molecule has 0 saturated heterocycles. The fourth-order valence-electron chi connectivity index (χ4n) is 2.45. The summed E-state index contributed by atoms with van der Waals surface area (Å²) in [4.78, 5) is 14.2. The van der Waals surface area contributed by atoms with Gasteiger partial charge in [-0.3, -0.25) is 9.69 Å². The van der Waals surface area contributed by atoms with Gasteiger partial charge < -0.3 is 9.84 Å². The van der Waals surface area contributed by atoms with Crippen molar-refractivity contribution >= 4 is 28.1 Å². The standard InChI is InChI=1S/C20H24BrN3O3/c1-3-24(4-2)13-16-11-17(21)9-10-19(16)27-14-20(26)23-22-12-15-7-5-6-8-18(15)25/h5-12,25H,3-4,13-14H2,1-2H3,(H,23,26)/b22-12+. The molecule has 0 aliphatic rings. The number of ether oxygens (including phenoxy) is 1. The number of halogens is 1. The van der Waals surface area contributed by atoms with E-state index in [1.165, 1.54) is 6.21 Å². The summed E-state index contributed by atoms with van der Waals surface area (Å²) < 4.78 is 6.65. The Bertz CT molecular complexity index is 792. The molecule has 0 unspecified atom stereocenters. The van der Waals surface area contributed by atoms with Crippen molar-refractivity contribution in [1.82, 2.24) is 10.3 Å². The van der Waals surface area contributed by atoms with Crippen LogP contribution in [-0.4, -0.2) is 41.8 Å². The van der Waals surface area contributed by atoms with Gasteiger partial charge in [-0.05, 0) is 43.4 Å². The number of hydrazone groups is 1. The normalized spacial score (nSPS) is 11.1. The zero-order chi connectivity index (χ0) is 19.6. The number of hydrogen-bond donors (Lipinski definition) is 2. The van der Waals surface area contributed by atoms with E-state index in [4.69, 9.17) is 4.74 Å². The summed E-state index contributed by atoms with van der Waals surface area (Å²) in [5, 5.41) is 13.5. The second kappa shape index (κ2) is 10.7. The summed E-state index contributed by atoms with van der Waals surface area (Å²) in [6.45, 7) is 6.68. The van der Waals surface area contributed by atoms with Gasteiger partial charge in [0, 0.05) is 22.1 Å². The molecule has 0 aliphatic carbocycles. The number of amides is 1. The zero-order valence-corrected chi connectivity index (χ0v) is 17.1. The quantitative estimate of drug-likeness (QED) is 0.468. The third-order valence-electron chi connectivity index (χ3n) is 4.00. The maximum atomic E-state index is 12.0. The molecule has 0 aliphatic heterocycles. The molecular weight excluding hydrogens is 410 g/mol. The molecule has 2 aromatic rings. The first-order valence-corrected chi connectivity index (χ1v) is 9.56. The number of rotatable bonds is 9. The molecule has 27 heavy (non-hydrogen) atoms. The van der Waals surface area contributed by atoms with Gasteiger partial charge in [-0.2, -0.15) is 5.10 Å². The Morgan fingerprint density at radius 3 is 2.70 bits per heavy atom.